The average molecular weight is 128 g/mol. The van der Waals surface area contributed by atoms with Crippen molar-refractivity contribution in [3.63, 3.8) is 0 Å². The molecule has 0 aromatic rings. The van der Waals surface area contributed by atoms with Crippen LogP contribution in [0.1, 0.15) is 13.8 Å². The Morgan fingerprint density at radius 1 is 1.44 bits per heavy atom. The molecule has 1 fully saturated rings. The number of rotatable bonds is 1. The van der Waals surface area contributed by atoms with E-state index in [2.05, 4.69) is 25.8 Å². The van der Waals surface area contributed by atoms with Crippen LogP contribution < -0.4 is 5.73 Å². The van der Waals surface area contributed by atoms with Crippen molar-refractivity contribution in [1.82, 2.24) is 4.90 Å². The molecule has 54 valence electrons. The molecular formula is C7H16N2. The molecule has 2 N–H and O–H groups in total. The highest BCUT2D eigenvalue weighted by Gasteiger charge is 2.33. The highest BCUT2D eigenvalue weighted by Crippen LogP contribution is 2.22. The van der Waals surface area contributed by atoms with Gasteiger partial charge in [0.25, 0.3) is 0 Å². The topological polar surface area (TPSA) is 29.3 Å². The van der Waals surface area contributed by atoms with Crippen LogP contribution in [0.15, 0.2) is 0 Å². The minimum atomic E-state index is 0.0342. The van der Waals surface area contributed by atoms with E-state index >= 15 is 0 Å². The van der Waals surface area contributed by atoms with Crippen molar-refractivity contribution >= 4 is 0 Å². The van der Waals surface area contributed by atoms with Crippen molar-refractivity contribution in [3.8, 4) is 0 Å². The summed E-state index contributed by atoms with van der Waals surface area (Å²) in [6.07, 6.45) is 0. The van der Waals surface area contributed by atoms with Crippen LogP contribution in [0.3, 0.4) is 0 Å². The zero-order chi connectivity index (χ0) is 7.07. The standard InChI is InChI=1S/C7H16N2/c1-7(2,8)6-4-9(3)5-6/h6H,4-5,8H2,1-3H3. The summed E-state index contributed by atoms with van der Waals surface area (Å²) in [7, 11) is 2.13. The highest BCUT2D eigenvalue weighted by atomic mass is 15.2. The molecule has 0 amide bonds. The monoisotopic (exact) mass is 128 g/mol. The van der Waals surface area contributed by atoms with Gasteiger partial charge in [-0.05, 0) is 20.9 Å². The number of nitrogens with two attached hydrogens (primary N) is 1. The number of hydrogen-bond acceptors (Lipinski definition) is 2. The van der Waals surface area contributed by atoms with Crippen molar-refractivity contribution in [1.29, 1.82) is 0 Å². The van der Waals surface area contributed by atoms with E-state index in [0.717, 1.165) is 0 Å². The predicted molar refractivity (Wildman–Crippen MR) is 39.3 cm³/mol. The molecule has 0 bridgehead atoms. The van der Waals surface area contributed by atoms with Gasteiger partial charge in [0.05, 0.1) is 0 Å². The van der Waals surface area contributed by atoms with Gasteiger partial charge in [-0.15, -0.1) is 0 Å². The Labute approximate surface area is 57.0 Å². The van der Waals surface area contributed by atoms with Crippen LogP contribution in [0.2, 0.25) is 0 Å². The molecule has 0 aromatic heterocycles. The van der Waals surface area contributed by atoms with E-state index < -0.39 is 0 Å². The predicted octanol–water partition coefficient (Wildman–Crippen LogP) is 0.285. The Kier molecular flexibility index (Phi) is 1.53. The zero-order valence-corrected chi connectivity index (χ0v) is 6.52. The van der Waals surface area contributed by atoms with Crippen LogP contribution in [0.5, 0.6) is 0 Å². The van der Waals surface area contributed by atoms with Gasteiger partial charge in [-0.25, -0.2) is 0 Å². The van der Waals surface area contributed by atoms with E-state index in [9.17, 15) is 0 Å². The molecule has 1 rings (SSSR count). The molecule has 1 saturated heterocycles. The molecule has 1 aliphatic heterocycles. The second-order valence-corrected chi connectivity index (χ2v) is 3.74. The molecule has 0 saturated carbocycles. The second kappa shape index (κ2) is 1.96. The van der Waals surface area contributed by atoms with Gasteiger partial charge < -0.3 is 10.6 Å². The molecule has 0 atom stereocenters. The lowest BCUT2D eigenvalue weighted by atomic mass is 9.83. The fourth-order valence-corrected chi connectivity index (χ4v) is 1.17. The van der Waals surface area contributed by atoms with E-state index in [4.69, 9.17) is 5.73 Å². The van der Waals surface area contributed by atoms with E-state index in [1.807, 2.05) is 0 Å². The molecule has 0 unspecified atom stereocenters. The molecule has 0 aliphatic carbocycles. The molecule has 9 heavy (non-hydrogen) atoms. The van der Waals surface area contributed by atoms with Gasteiger partial charge in [0.2, 0.25) is 0 Å². The first-order chi connectivity index (χ1) is 4.00. The summed E-state index contributed by atoms with van der Waals surface area (Å²) < 4.78 is 0. The van der Waals surface area contributed by atoms with Crippen LogP contribution in [-0.4, -0.2) is 30.6 Å². The summed E-state index contributed by atoms with van der Waals surface area (Å²) >= 11 is 0. The van der Waals surface area contributed by atoms with Crippen molar-refractivity contribution in [2.75, 3.05) is 20.1 Å². The van der Waals surface area contributed by atoms with Gasteiger partial charge in [0.1, 0.15) is 0 Å². The third kappa shape index (κ3) is 1.43. The van der Waals surface area contributed by atoms with Crippen LogP contribution in [0, 0.1) is 5.92 Å². The minimum Gasteiger partial charge on any atom is -0.325 e. The van der Waals surface area contributed by atoms with E-state index in [1.54, 1.807) is 0 Å². The Morgan fingerprint density at radius 2 is 1.89 bits per heavy atom. The second-order valence-electron chi connectivity index (χ2n) is 3.74. The lowest BCUT2D eigenvalue weighted by molar-refractivity contribution is 0.0801. The summed E-state index contributed by atoms with van der Waals surface area (Å²) in [5, 5.41) is 0. The van der Waals surface area contributed by atoms with Crippen molar-refractivity contribution < 1.29 is 0 Å². The third-order valence-electron chi connectivity index (χ3n) is 2.12. The molecular weight excluding hydrogens is 112 g/mol. The molecule has 0 aromatic carbocycles. The maximum Gasteiger partial charge on any atom is 0.0150 e. The van der Waals surface area contributed by atoms with Crippen molar-refractivity contribution in [2.24, 2.45) is 11.7 Å². The molecule has 1 aliphatic rings. The van der Waals surface area contributed by atoms with Crippen LogP contribution in [0.4, 0.5) is 0 Å². The molecule has 0 spiro atoms. The van der Waals surface area contributed by atoms with Gasteiger partial charge in [-0.1, -0.05) is 0 Å². The first-order valence-electron chi connectivity index (χ1n) is 3.47. The van der Waals surface area contributed by atoms with Crippen LogP contribution in [-0.2, 0) is 0 Å². The summed E-state index contributed by atoms with van der Waals surface area (Å²) in [6, 6.07) is 0. The van der Waals surface area contributed by atoms with E-state index in [1.165, 1.54) is 13.1 Å². The Bertz CT molecular complexity index is 98.0. The third-order valence-corrected chi connectivity index (χ3v) is 2.12. The van der Waals surface area contributed by atoms with Gasteiger partial charge in [0.15, 0.2) is 0 Å². The van der Waals surface area contributed by atoms with Crippen molar-refractivity contribution in [2.45, 2.75) is 19.4 Å². The molecule has 2 nitrogen and oxygen atoms in total. The van der Waals surface area contributed by atoms with Crippen LogP contribution >= 0.6 is 0 Å². The normalized spacial score (nSPS) is 24.0. The fourth-order valence-electron chi connectivity index (χ4n) is 1.17. The maximum atomic E-state index is 5.88. The summed E-state index contributed by atoms with van der Waals surface area (Å²) in [5.41, 5.74) is 5.91. The molecule has 0 radical (unpaired) electrons. The van der Waals surface area contributed by atoms with Gasteiger partial charge in [0, 0.05) is 24.5 Å². The molecule has 2 heteroatoms. The lowest BCUT2D eigenvalue weighted by Gasteiger charge is -2.44. The number of likely N-dealkylation sites (tertiary alicyclic amines) is 1. The van der Waals surface area contributed by atoms with E-state index in [0.29, 0.717) is 5.92 Å². The average Bonchev–Trinajstić information content (AvgIpc) is 1.55. The summed E-state index contributed by atoms with van der Waals surface area (Å²) in [6.45, 7) is 6.54. The Balaban J connectivity index is 2.32. The number of hydrogen-bond donors (Lipinski definition) is 1. The summed E-state index contributed by atoms with van der Waals surface area (Å²) in [5.74, 6) is 0.711. The van der Waals surface area contributed by atoms with Crippen LogP contribution in [0.25, 0.3) is 0 Å². The molecule has 1 heterocycles. The first kappa shape index (κ1) is 7.03. The van der Waals surface area contributed by atoms with Gasteiger partial charge in [-0.3, -0.25) is 0 Å². The number of nitrogens with zero attached hydrogens (tertiary/aromatic N) is 1. The largest absolute Gasteiger partial charge is 0.325 e. The van der Waals surface area contributed by atoms with Gasteiger partial charge >= 0.3 is 0 Å². The smallest absolute Gasteiger partial charge is 0.0150 e. The minimum absolute atomic E-state index is 0.0342. The highest BCUT2D eigenvalue weighted by molar-refractivity contribution is 4.91. The zero-order valence-electron chi connectivity index (χ0n) is 6.52. The van der Waals surface area contributed by atoms with E-state index in [-0.39, 0.29) is 5.54 Å². The summed E-state index contributed by atoms with van der Waals surface area (Å²) in [4.78, 5) is 2.29. The first-order valence-corrected chi connectivity index (χ1v) is 3.47. The lowest BCUT2D eigenvalue weighted by Crippen LogP contribution is -2.57. The van der Waals surface area contributed by atoms with Gasteiger partial charge in [-0.2, -0.15) is 0 Å². The fraction of sp³-hybridized carbons (Fsp3) is 1.00. The quantitative estimate of drug-likeness (QED) is 0.550. The Hall–Kier alpha value is -0.0800. The maximum absolute atomic E-state index is 5.88. The SMILES string of the molecule is CN1CC(C(C)(C)N)C1. The van der Waals surface area contributed by atoms with Crippen molar-refractivity contribution in [3.05, 3.63) is 0 Å². The Morgan fingerprint density at radius 3 is 2.00 bits per heavy atom.